The molecule has 0 bridgehead atoms. The van der Waals surface area contributed by atoms with Gasteiger partial charge in [-0.3, -0.25) is 9.59 Å². The SMILES string of the molecule is CCOCCCNC(=O)[C@@H]1CCC(=O)N(C)[C@@H]1c1ccccc1F. The Labute approximate surface area is 142 Å². The number of piperidine rings is 1. The van der Waals surface area contributed by atoms with Crippen LogP contribution >= 0.6 is 0 Å². The van der Waals surface area contributed by atoms with Gasteiger partial charge in [-0.1, -0.05) is 18.2 Å². The largest absolute Gasteiger partial charge is 0.382 e. The molecule has 0 unspecified atom stereocenters. The molecule has 1 N–H and O–H groups in total. The molecule has 2 atom stereocenters. The maximum absolute atomic E-state index is 14.2. The van der Waals surface area contributed by atoms with Gasteiger partial charge in [-0.15, -0.1) is 0 Å². The monoisotopic (exact) mass is 336 g/mol. The first-order valence-corrected chi connectivity index (χ1v) is 8.41. The molecular weight excluding hydrogens is 311 g/mol. The number of nitrogens with zero attached hydrogens (tertiary/aromatic N) is 1. The molecule has 132 valence electrons. The summed E-state index contributed by atoms with van der Waals surface area (Å²) in [6, 6.07) is 5.76. The van der Waals surface area contributed by atoms with E-state index in [1.165, 1.54) is 11.0 Å². The van der Waals surface area contributed by atoms with Crippen molar-refractivity contribution in [2.75, 3.05) is 26.8 Å². The van der Waals surface area contributed by atoms with Crippen LogP contribution in [0.4, 0.5) is 4.39 Å². The molecule has 1 aromatic rings. The van der Waals surface area contributed by atoms with Crippen molar-refractivity contribution in [3.63, 3.8) is 0 Å². The number of amides is 2. The summed E-state index contributed by atoms with van der Waals surface area (Å²) in [4.78, 5) is 26.1. The van der Waals surface area contributed by atoms with Crippen molar-refractivity contribution in [2.24, 2.45) is 5.92 Å². The summed E-state index contributed by atoms with van der Waals surface area (Å²) in [5.41, 5.74) is 0.391. The van der Waals surface area contributed by atoms with E-state index < -0.39 is 17.8 Å². The Morgan fingerprint density at radius 1 is 1.42 bits per heavy atom. The summed E-state index contributed by atoms with van der Waals surface area (Å²) in [5, 5.41) is 2.89. The summed E-state index contributed by atoms with van der Waals surface area (Å²) in [6.45, 7) is 3.68. The van der Waals surface area contributed by atoms with Gasteiger partial charge in [-0.05, 0) is 25.8 Å². The quantitative estimate of drug-likeness (QED) is 0.777. The van der Waals surface area contributed by atoms with Crippen LogP contribution in [-0.4, -0.2) is 43.5 Å². The Morgan fingerprint density at radius 2 is 2.17 bits per heavy atom. The number of carbonyl (C=O) groups excluding carboxylic acids is 2. The van der Waals surface area contributed by atoms with Gasteiger partial charge in [-0.25, -0.2) is 4.39 Å². The molecule has 1 heterocycles. The van der Waals surface area contributed by atoms with Crippen molar-refractivity contribution in [1.82, 2.24) is 10.2 Å². The molecule has 0 spiro atoms. The Bertz CT molecular complexity index is 579. The zero-order chi connectivity index (χ0) is 17.5. The highest BCUT2D eigenvalue weighted by Crippen LogP contribution is 2.36. The minimum Gasteiger partial charge on any atom is -0.382 e. The number of hydrogen-bond acceptors (Lipinski definition) is 3. The molecule has 0 aromatic heterocycles. The van der Waals surface area contributed by atoms with Gasteiger partial charge in [0.15, 0.2) is 0 Å². The van der Waals surface area contributed by atoms with E-state index in [0.29, 0.717) is 38.2 Å². The third kappa shape index (κ3) is 4.32. The van der Waals surface area contributed by atoms with Crippen LogP contribution in [0.3, 0.4) is 0 Å². The van der Waals surface area contributed by atoms with Crippen molar-refractivity contribution in [2.45, 2.75) is 32.2 Å². The lowest BCUT2D eigenvalue weighted by Gasteiger charge is -2.38. The normalized spacial score (nSPS) is 21.0. The van der Waals surface area contributed by atoms with E-state index in [2.05, 4.69) is 5.32 Å². The van der Waals surface area contributed by atoms with Gasteiger partial charge in [0, 0.05) is 38.8 Å². The van der Waals surface area contributed by atoms with Gasteiger partial charge in [0.2, 0.25) is 11.8 Å². The zero-order valence-electron chi connectivity index (χ0n) is 14.3. The fraction of sp³-hybridized carbons (Fsp3) is 0.556. The number of hydrogen-bond donors (Lipinski definition) is 1. The van der Waals surface area contributed by atoms with Crippen LogP contribution in [0, 0.1) is 11.7 Å². The Hall–Kier alpha value is -1.95. The van der Waals surface area contributed by atoms with Crippen molar-refractivity contribution >= 4 is 11.8 Å². The first-order valence-electron chi connectivity index (χ1n) is 8.41. The maximum atomic E-state index is 14.2. The number of carbonyl (C=O) groups is 2. The highest BCUT2D eigenvalue weighted by atomic mass is 19.1. The van der Waals surface area contributed by atoms with Crippen molar-refractivity contribution in [3.05, 3.63) is 35.6 Å². The molecule has 24 heavy (non-hydrogen) atoms. The van der Waals surface area contributed by atoms with Gasteiger partial charge in [0.25, 0.3) is 0 Å². The van der Waals surface area contributed by atoms with Gasteiger partial charge in [-0.2, -0.15) is 0 Å². The van der Waals surface area contributed by atoms with E-state index in [0.717, 1.165) is 6.42 Å². The number of nitrogens with one attached hydrogen (secondary N) is 1. The molecular formula is C18H25FN2O3. The predicted molar refractivity (Wildman–Crippen MR) is 88.8 cm³/mol. The van der Waals surface area contributed by atoms with Crippen LogP contribution in [0.15, 0.2) is 24.3 Å². The molecule has 1 aromatic carbocycles. The summed E-state index contributed by atoms with van der Waals surface area (Å²) >= 11 is 0. The third-order valence-corrected chi connectivity index (χ3v) is 4.39. The number of ether oxygens (including phenoxy) is 1. The Kier molecular flexibility index (Phi) is 6.73. The molecule has 5 nitrogen and oxygen atoms in total. The maximum Gasteiger partial charge on any atom is 0.225 e. The van der Waals surface area contributed by atoms with E-state index in [-0.39, 0.29) is 11.8 Å². The van der Waals surface area contributed by atoms with E-state index in [9.17, 15) is 14.0 Å². The molecule has 2 rings (SSSR count). The fourth-order valence-corrected chi connectivity index (χ4v) is 3.11. The molecule has 6 heteroatoms. The highest BCUT2D eigenvalue weighted by molar-refractivity contribution is 5.84. The lowest BCUT2D eigenvalue weighted by atomic mass is 9.83. The van der Waals surface area contributed by atoms with Crippen LogP contribution in [0.2, 0.25) is 0 Å². The first-order chi connectivity index (χ1) is 11.6. The summed E-state index contributed by atoms with van der Waals surface area (Å²) < 4.78 is 19.5. The average molecular weight is 336 g/mol. The zero-order valence-corrected chi connectivity index (χ0v) is 14.3. The van der Waals surface area contributed by atoms with Crippen LogP contribution in [0.5, 0.6) is 0 Å². The number of benzene rings is 1. The number of likely N-dealkylation sites (tertiary alicyclic amines) is 1. The smallest absolute Gasteiger partial charge is 0.225 e. The van der Waals surface area contributed by atoms with E-state index in [1.54, 1.807) is 25.2 Å². The van der Waals surface area contributed by atoms with E-state index in [4.69, 9.17) is 4.74 Å². The van der Waals surface area contributed by atoms with Crippen LogP contribution in [-0.2, 0) is 14.3 Å². The molecule has 1 aliphatic heterocycles. The second-order valence-corrected chi connectivity index (χ2v) is 5.96. The van der Waals surface area contributed by atoms with Crippen LogP contribution in [0.1, 0.15) is 37.8 Å². The third-order valence-electron chi connectivity index (χ3n) is 4.39. The summed E-state index contributed by atoms with van der Waals surface area (Å²) in [5.74, 6) is -1.04. The summed E-state index contributed by atoms with van der Waals surface area (Å²) in [7, 11) is 1.63. The fourth-order valence-electron chi connectivity index (χ4n) is 3.11. The van der Waals surface area contributed by atoms with Gasteiger partial charge < -0.3 is 15.0 Å². The van der Waals surface area contributed by atoms with E-state index in [1.807, 2.05) is 6.92 Å². The minimum absolute atomic E-state index is 0.0661. The van der Waals surface area contributed by atoms with Crippen molar-refractivity contribution in [3.8, 4) is 0 Å². The topological polar surface area (TPSA) is 58.6 Å². The number of halogens is 1. The highest BCUT2D eigenvalue weighted by Gasteiger charge is 2.39. The first kappa shape index (κ1) is 18.4. The Balaban J connectivity index is 2.09. The molecule has 0 saturated carbocycles. The van der Waals surface area contributed by atoms with Crippen LogP contribution in [0.25, 0.3) is 0 Å². The Morgan fingerprint density at radius 3 is 2.88 bits per heavy atom. The molecule has 1 aliphatic rings. The van der Waals surface area contributed by atoms with Crippen molar-refractivity contribution in [1.29, 1.82) is 0 Å². The van der Waals surface area contributed by atoms with Crippen LogP contribution < -0.4 is 5.32 Å². The van der Waals surface area contributed by atoms with E-state index >= 15 is 0 Å². The standard InChI is InChI=1S/C18H25FN2O3/c1-3-24-12-6-11-20-18(23)14-9-10-16(22)21(2)17(14)13-7-4-5-8-15(13)19/h4-5,7-8,14,17H,3,6,9-12H2,1-2H3,(H,20,23)/t14-,17-/m1/s1. The molecule has 1 saturated heterocycles. The van der Waals surface area contributed by atoms with Gasteiger partial charge >= 0.3 is 0 Å². The number of rotatable bonds is 7. The second-order valence-electron chi connectivity index (χ2n) is 5.96. The summed E-state index contributed by atoms with van der Waals surface area (Å²) in [6.07, 6.45) is 1.46. The average Bonchev–Trinajstić information content (AvgIpc) is 2.57. The molecule has 0 radical (unpaired) electrons. The predicted octanol–water partition coefficient (Wildman–Crippen LogP) is 2.28. The second kappa shape index (κ2) is 8.78. The van der Waals surface area contributed by atoms with Gasteiger partial charge in [0.05, 0.1) is 12.0 Å². The van der Waals surface area contributed by atoms with Crippen molar-refractivity contribution < 1.29 is 18.7 Å². The molecule has 2 amide bonds. The molecule has 1 fully saturated rings. The van der Waals surface area contributed by atoms with Gasteiger partial charge in [0.1, 0.15) is 5.82 Å². The lowest BCUT2D eigenvalue weighted by Crippen LogP contribution is -2.46. The molecule has 0 aliphatic carbocycles. The minimum atomic E-state index is -0.570. The lowest BCUT2D eigenvalue weighted by molar-refractivity contribution is -0.141.